The molecule has 3 aromatic heterocycles. The fourth-order valence-corrected chi connectivity index (χ4v) is 6.75. The van der Waals surface area contributed by atoms with E-state index in [0.29, 0.717) is 28.8 Å². The fourth-order valence-electron chi connectivity index (χ4n) is 4.97. The van der Waals surface area contributed by atoms with Gasteiger partial charge in [-0.05, 0) is 61.1 Å². The molecule has 0 aliphatic carbocycles. The third-order valence-corrected chi connectivity index (χ3v) is 9.39. The summed E-state index contributed by atoms with van der Waals surface area (Å²) in [5.41, 5.74) is 4.29. The summed E-state index contributed by atoms with van der Waals surface area (Å²) < 4.78 is 40.9. The molecule has 0 radical (unpaired) electrons. The number of aliphatic hydroxyl groups is 1. The summed E-state index contributed by atoms with van der Waals surface area (Å²) in [7, 11) is -1.23. The largest absolute Gasteiger partial charge is 0.391 e. The minimum Gasteiger partial charge on any atom is -0.391 e. The second-order valence-electron chi connectivity index (χ2n) is 9.35. The number of rotatable bonds is 7. The van der Waals surface area contributed by atoms with Crippen LogP contribution in [0.5, 0.6) is 0 Å². The Morgan fingerprint density at radius 2 is 1.84 bits per heavy atom. The topological polar surface area (TPSA) is 91.0 Å². The number of aliphatic hydroxyl groups excluding tert-OH is 1. The van der Waals surface area contributed by atoms with Crippen LogP contribution in [0, 0.1) is 5.82 Å². The zero-order valence-corrected chi connectivity index (χ0v) is 22.7. The molecule has 1 N–H and O–H groups in total. The molecule has 1 aromatic carbocycles. The first-order valence-electron chi connectivity index (χ1n) is 12.3. The zero-order chi connectivity index (χ0) is 26.3. The number of nitrogens with zero attached hydrogens (tertiary/aromatic N) is 5. The number of hydrogen-bond donors (Lipinski definition) is 1. The highest BCUT2D eigenvalue weighted by Gasteiger charge is 2.27. The van der Waals surface area contributed by atoms with Crippen molar-refractivity contribution in [2.75, 3.05) is 31.3 Å². The van der Waals surface area contributed by atoms with Crippen molar-refractivity contribution in [2.45, 2.75) is 38.7 Å². The van der Waals surface area contributed by atoms with Gasteiger partial charge < -0.3 is 10.0 Å². The number of pyridine rings is 1. The van der Waals surface area contributed by atoms with Gasteiger partial charge in [-0.3, -0.25) is 4.40 Å². The SMILES string of the molecule is CCc1nc2ccc(C3CCN(S(C)(=O)=O)CC3)cn2c1N(C)c1nc(-c2ccc(F)cc2)c(CO)s1. The van der Waals surface area contributed by atoms with E-state index in [0.717, 1.165) is 47.5 Å². The van der Waals surface area contributed by atoms with Gasteiger partial charge in [0.15, 0.2) is 5.13 Å². The van der Waals surface area contributed by atoms with E-state index in [1.54, 1.807) is 16.4 Å². The van der Waals surface area contributed by atoms with E-state index in [1.807, 2.05) is 18.0 Å². The maximum Gasteiger partial charge on any atom is 0.211 e. The van der Waals surface area contributed by atoms with Gasteiger partial charge in [0, 0.05) is 31.9 Å². The van der Waals surface area contributed by atoms with E-state index in [2.05, 4.69) is 23.6 Å². The van der Waals surface area contributed by atoms with Gasteiger partial charge in [0.2, 0.25) is 10.0 Å². The van der Waals surface area contributed by atoms with Crippen LogP contribution in [0.15, 0.2) is 42.6 Å². The summed E-state index contributed by atoms with van der Waals surface area (Å²) >= 11 is 1.39. The van der Waals surface area contributed by atoms with Crippen molar-refractivity contribution in [3.05, 3.63) is 64.5 Å². The monoisotopic (exact) mass is 543 g/mol. The number of piperidine rings is 1. The Kier molecular flexibility index (Phi) is 7.06. The molecular weight excluding hydrogens is 513 g/mol. The average molecular weight is 544 g/mol. The van der Waals surface area contributed by atoms with Crippen LogP contribution in [0.2, 0.25) is 0 Å². The predicted octanol–water partition coefficient (Wildman–Crippen LogP) is 4.56. The van der Waals surface area contributed by atoms with Gasteiger partial charge in [0.05, 0.1) is 29.1 Å². The summed E-state index contributed by atoms with van der Waals surface area (Å²) in [6.07, 6.45) is 5.64. The second kappa shape index (κ2) is 10.1. The molecule has 11 heteroatoms. The van der Waals surface area contributed by atoms with Crippen molar-refractivity contribution in [2.24, 2.45) is 0 Å². The molecule has 37 heavy (non-hydrogen) atoms. The van der Waals surface area contributed by atoms with Crippen LogP contribution >= 0.6 is 11.3 Å². The third kappa shape index (κ3) is 5.00. The summed E-state index contributed by atoms with van der Waals surface area (Å²) in [6, 6.07) is 10.2. The molecule has 1 aliphatic heterocycles. The van der Waals surface area contributed by atoms with E-state index in [-0.39, 0.29) is 18.3 Å². The number of aromatic nitrogens is 3. The lowest BCUT2D eigenvalue weighted by Gasteiger charge is -2.30. The van der Waals surface area contributed by atoms with Crippen LogP contribution in [-0.2, 0) is 23.1 Å². The lowest BCUT2D eigenvalue weighted by Crippen LogP contribution is -2.37. The first kappa shape index (κ1) is 25.8. The Balaban J connectivity index is 1.50. The van der Waals surface area contributed by atoms with Gasteiger partial charge in [0.1, 0.15) is 17.3 Å². The summed E-state index contributed by atoms with van der Waals surface area (Å²) in [5.74, 6) is 0.841. The minimum atomic E-state index is -3.17. The Bertz CT molecular complexity index is 1520. The second-order valence-corrected chi connectivity index (χ2v) is 12.4. The molecule has 0 saturated carbocycles. The number of hydrogen-bond acceptors (Lipinski definition) is 7. The molecule has 1 fully saturated rings. The van der Waals surface area contributed by atoms with Crippen LogP contribution in [0.1, 0.15) is 41.8 Å². The maximum absolute atomic E-state index is 13.5. The number of halogens is 1. The Labute approximate surface area is 220 Å². The molecule has 4 aromatic rings. The van der Waals surface area contributed by atoms with Gasteiger partial charge >= 0.3 is 0 Å². The summed E-state index contributed by atoms with van der Waals surface area (Å²) in [6.45, 7) is 2.94. The van der Waals surface area contributed by atoms with Crippen molar-refractivity contribution in [1.82, 2.24) is 18.7 Å². The smallest absolute Gasteiger partial charge is 0.211 e. The lowest BCUT2D eigenvalue weighted by molar-refractivity contribution is 0.286. The molecule has 196 valence electrons. The Morgan fingerprint density at radius 3 is 2.46 bits per heavy atom. The molecule has 1 aliphatic rings. The van der Waals surface area contributed by atoms with Gasteiger partial charge in [-0.1, -0.05) is 24.3 Å². The summed E-state index contributed by atoms with van der Waals surface area (Å²) in [5, 5.41) is 10.7. The minimum absolute atomic E-state index is 0.164. The number of thiazole rings is 1. The molecule has 0 bridgehead atoms. The Morgan fingerprint density at radius 1 is 1.14 bits per heavy atom. The predicted molar refractivity (Wildman–Crippen MR) is 144 cm³/mol. The van der Waals surface area contributed by atoms with E-state index in [1.165, 1.54) is 29.7 Å². The van der Waals surface area contributed by atoms with E-state index in [9.17, 15) is 17.9 Å². The first-order valence-corrected chi connectivity index (χ1v) is 14.9. The average Bonchev–Trinajstić information content (AvgIpc) is 3.49. The van der Waals surface area contributed by atoms with Gasteiger partial charge in [-0.25, -0.2) is 27.1 Å². The molecule has 0 spiro atoms. The molecule has 0 unspecified atom stereocenters. The third-order valence-electron chi connectivity index (χ3n) is 6.97. The quantitative estimate of drug-likeness (QED) is 0.368. The first-order chi connectivity index (χ1) is 17.7. The van der Waals surface area contributed by atoms with E-state index in [4.69, 9.17) is 9.97 Å². The van der Waals surface area contributed by atoms with Crippen LogP contribution in [0.3, 0.4) is 0 Å². The highest BCUT2D eigenvalue weighted by Crippen LogP contribution is 2.38. The number of aryl methyl sites for hydroxylation is 1. The van der Waals surface area contributed by atoms with Gasteiger partial charge in [-0.2, -0.15) is 0 Å². The van der Waals surface area contributed by atoms with Crippen molar-refractivity contribution in [3.63, 3.8) is 0 Å². The molecule has 0 atom stereocenters. The van der Waals surface area contributed by atoms with Crippen molar-refractivity contribution < 1.29 is 17.9 Å². The van der Waals surface area contributed by atoms with Gasteiger partial charge in [-0.15, -0.1) is 0 Å². The van der Waals surface area contributed by atoms with Crippen LogP contribution in [0.4, 0.5) is 15.3 Å². The van der Waals surface area contributed by atoms with Crippen molar-refractivity contribution in [1.29, 1.82) is 0 Å². The Hall–Kier alpha value is -2.86. The fraction of sp³-hybridized carbons (Fsp3) is 0.385. The summed E-state index contributed by atoms with van der Waals surface area (Å²) in [4.78, 5) is 12.4. The zero-order valence-electron chi connectivity index (χ0n) is 21.1. The number of fused-ring (bicyclic) bond motifs is 1. The number of anilines is 2. The standard InChI is InChI=1S/C26H30FN5O3S2/c1-4-21-25(30(2)26-29-24(22(16-33)36-26)18-5-8-20(27)9-6-18)32-15-19(7-10-23(32)28-21)17-11-13-31(14-12-17)37(3,34)35/h5-10,15,17,33H,4,11-14,16H2,1-3H3. The maximum atomic E-state index is 13.5. The number of benzene rings is 1. The van der Waals surface area contributed by atoms with Crippen LogP contribution in [0.25, 0.3) is 16.9 Å². The molecule has 5 rings (SSSR count). The molecule has 8 nitrogen and oxygen atoms in total. The highest BCUT2D eigenvalue weighted by molar-refractivity contribution is 7.88. The molecule has 0 amide bonds. The van der Waals surface area contributed by atoms with Gasteiger partial charge in [0.25, 0.3) is 0 Å². The van der Waals surface area contributed by atoms with Crippen LogP contribution < -0.4 is 4.90 Å². The molecule has 4 heterocycles. The van der Waals surface area contributed by atoms with Crippen molar-refractivity contribution >= 4 is 38.0 Å². The molecular formula is C26H30FN5O3S2. The van der Waals surface area contributed by atoms with Crippen molar-refractivity contribution in [3.8, 4) is 11.3 Å². The highest BCUT2D eigenvalue weighted by atomic mass is 32.2. The van der Waals surface area contributed by atoms with E-state index < -0.39 is 10.0 Å². The van der Waals surface area contributed by atoms with Crippen LogP contribution in [-0.4, -0.2) is 58.6 Å². The molecule has 1 saturated heterocycles. The number of imidazole rings is 1. The number of sulfonamides is 1. The van der Waals surface area contributed by atoms with E-state index >= 15 is 0 Å². The lowest BCUT2D eigenvalue weighted by atomic mass is 9.91. The normalized spacial score (nSPS) is 15.5.